The normalized spacial score (nSPS) is 14.4. The fourth-order valence-corrected chi connectivity index (χ4v) is 4.81. The molecule has 0 atom stereocenters. The van der Waals surface area contributed by atoms with E-state index >= 15 is 0 Å². The van der Waals surface area contributed by atoms with Crippen LogP contribution in [0.15, 0.2) is 17.5 Å². The van der Waals surface area contributed by atoms with Crippen LogP contribution in [-0.2, 0) is 11.2 Å². The van der Waals surface area contributed by atoms with Crippen LogP contribution in [0.3, 0.4) is 0 Å². The lowest BCUT2D eigenvalue weighted by Gasteiger charge is -2.39. The Hall–Kier alpha value is -2.52. The zero-order valence-corrected chi connectivity index (χ0v) is 16.6. The lowest BCUT2D eigenvalue weighted by atomic mass is 10.1. The summed E-state index contributed by atoms with van der Waals surface area (Å²) in [5.41, 5.74) is 8.42. The standard InChI is InChI=1S/C18H19N5O2S2/c1-9-10(2)21-22-18-14(9)15(19)16(27-18)17(25)20-11-7-23(8-11)13(24)6-12-4-3-5-26-12/h3-5,11H,6-8,19H2,1-2H3,(H,20,25). The van der Waals surface area contributed by atoms with Gasteiger partial charge in [-0.25, -0.2) is 0 Å². The number of likely N-dealkylation sites (tertiary alicyclic amines) is 1. The van der Waals surface area contributed by atoms with Crippen molar-refractivity contribution in [3.05, 3.63) is 38.5 Å². The van der Waals surface area contributed by atoms with Gasteiger partial charge in [0.2, 0.25) is 5.91 Å². The van der Waals surface area contributed by atoms with E-state index in [0.29, 0.717) is 34.9 Å². The Morgan fingerprint density at radius 1 is 1.33 bits per heavy atom. The van der Waals surface area contributed by atoms with Crippen LogP contribution in [0.1, 0.15) is 25.8 Å². The monoisotopic (exact) mass is 401 g/mol. The average Bonchev–Trinajstić information content (AvgIpc) is 3.22. The molecule has 9 heteroatoms. The maximum absolute atomic E-state index is 12.6. The van der Waals surface area contributed by atoms with Gasteiger partial charge in [0.15, 0.2) is 0 Å². The number of thiophene rings is 2. The SMILES string of the molecule is Cc1nnc2sc(C(=O)NC3CN(C(=O)Cc4cccs4)C3)c(N)c2c1C. The lowest BCUT2D eigenvalue weighted by molar-refractivity contribution is -0.135. The van der Waals surface area contributed by atoms with E-state index in [2.05, 4.69) is 15.5 Å². The lowest BCUT2D eigenvalue weighted by Crippen LogP contribution is -2.61. The van der Waals surface area contributed by atoms with Gasteiger partial charge < -0.3 is 16.0 Å². The third-order valence-corrected chi connectivity index (χ3v) is 6.78. The largest absolute Gasteiger partial charge is 0.397 e. The van der Waals surface area contributed by atoms with E-state index in [0.717, 1.165) is 21.5 Å². The molecule has 0 saturated carbocycles. The highest BCUT2D eigenvalue weighted by atomic mass is 32.1. The number of amides is 2. The fraction of sp³-hybridized carbons (Fsp3) is 0.333. The summed E-state index contributed by atoms with van der Waals surface area (Å²) >= 11 is 2.83. The van der Waals surface area contributed by atoms with Crippen LogP contribution in [-0.4, -0.2) is 46.0 Å². The summed E-state index contributed by atoms with van der Waals surface area (Å²) in [6, 6.07) is 3.84. The van der Waals surface area contributed by atoms with Crippen molar-refractivity contribution in [2.45, 2.75) is 26.3 Å². The van der Waals surface area contributed by atoms with Crippen molar-refractivity contribution in [3.63, 3.8) is 0 Å². The Bertz CT molecular complexity index is 1020. The van der Waals surface area contributed by atoms with Crippen LogP contribution in [0.5, 0.6) is 0 Å². The van der Waals surface area contributed by atoms with Crippen LogP contribution in [0.4, 0.5) is 5.69 Å². The molecule has 3 aromatic heterocycles. The maximum atomic E-state index is 12.6. The number of nitrogen functional groups attached to an aromatic ring is 1. The van der Waals surface area contributed by atoms with E-state index in [9.17, 15) is 9.59 Å². The predicted octanol–water partition coefficient (Wildman–Crippen LogP) is 2.14. The van der Waals surface area contributed by atoms with Crippen molar-refractivity contribution in [2.75, 3.05) is 18.8 Å². The van der Waals surface area contributed by atoms with Crippen LogP contribution in [0, 0.1) is 13.8 Å². The quantitative estimate of drug-likeness (QED) is 0.697. The smallest absolute Gasteiger partial charge is 0.263 e. The van der Waals surface area contributed by atoms with E-state index < -0.39 is 0 Å². The maximum Gasteiger partial charge on any atom is 0.263 e. The van der Waals surface area contributed by atoms with Crippen LogP contribution < -0.4 is 11.1 Å². The molecular weight excluding hydrogens is 382 g/mol. The molecule has 4 rings (SSSR count). The number of aromatic nitrogens is 2. The van der Waals surface area contributed by atoms with E-state index in [1.807, 2.05) is 31.4 Å². The summed E-state index contributed by atoms with van der Waals surface area (Å²) < 4.78 is 0. The first-order valence-electron chi connectivity index (χ1n) is 8.57. The molecule has 0 bridgehead atoms. The van der Waals surface area contributed by atoms with Crippen molar-refractivity contribution >= 4 is 50.4 Å². The Morgan fingerprint density at radius 2 is 2.11 bits per heavy atom. The molecule has 4 heterocycles. The average molecular weight is 402 g/mol. The molecular formula is C18H19N5O2S2. The number of carbonyl (C=O) groups excluding carboxylic acids is 2. The summed E-state index contributed by atoms with van der Waals surface area (Å²) in [6.07, 6.45) is 0.416. The van der Waals surface area contributed by atoms with Crippen molar-refractivity contribution in [1.29, 1.82) is 0 Å². The second-order valence-electron chi connectivity index (χ2n) is 6.66. The fourth-order valence-electron chi connectivity index (χ4n) is 3.11. The summed E-state index contributed by atoms with van der Waals surface area (Å²) in [5.74, 6) is -0.131. The van der Waals surface area contributed by atoms with Gasteiger partial charge >= 0.3 is 0 Å². The predicted molar refractivity (Wildman–Crippen MR) is 107 cm³/mol. The van der Waals surface area contributed by atoms with Gasteiger partial charge in [-0.2, -0.15) is 5.10 Å². The molecule has 27 heavy (non-hydrogen) atoms. The van der Waals surface area contributed by atoms with Gasteiger partial charge in [0.05, 0.1) is 23.8 Å². The van der Waals surface area contributed by atoms with Gasteiger partial charge in [0.25, 0.3) is 5.91 Å². The van der Waals surface area contributed by atoms with E-state index in [1.165, 1.54) is 11.3 Å². The number of fused-ring (bicyclic) bond motifs is 1. The van der Waals surface area contributed by atoms with Gasteiger partial charge in [-0.05, 0) is 30.9 Å². The van der Waals surface area contributed by atoms with Crippen LogP contribution in [0.2, 0.25) is 0 Å². The third-order valence-electron chi connectivity index (χ3n) is 4.82. The molecule has 3 aromatic rings. The topological polar surface area (TPSA) is 101 Å². The number of hydrogen-bond donors (Lipinski definition) is 2. The van der Waals surface area contributed by atoms with Gasteiger partial charge in [-0.1, -0.05) is 6.07 Å². The van der Waals surface area contributed by atoms with Crippen molar-refractivity contribution < 1.29 is 9.59 Å². The second-order valence-corrected chi connectivity index (χ2v) is 8.69. The number of aryl methyl sites for hydroxylation is 2. The van der Waals surface area contributed by atoms with Crippen LogP contribution >= 0.6 is 22.7 Å². The summed E-state index contributed by atoms with van der Waals surface area (Å²) in [6.45, 7) is 4.85. The highest BCUT2D eigenvalue weighted by Gasteiger charge is 2.32. The number of rotatable bonds is 4. The van der Waals surface area contributed by atoms with Crippen molar-refractivity contribution in [2.24, 2.45) is 0 Å². The van der Waals surface area contributed by atoms with Gasteiger partial charge in [-0.3, -0.25) is 9.59 Å². The first-order chi connectivity index (χ1) is 12.9. The molecule has 7 nitrogen and oxygen atoms in total. The van der Waals surface area contributed by atoms with Crippen molar-refractivity contribution in [3.8, 4) is 0 Å². The molecule has 0 aliphatic carbocycles. The molecule has 1 aliphatic heterocycles. The van der Waals surface area contributed by atoms with E-state index in [-0.39, 0.29) is 17.9 Å². The molecule has 0 aromatic carbocycles. The second kappa shape index (κ2) is 6.90. The Balaban J connectivity index is 1.39. The molecule has 140 valence electrons. The number of hydrogen-bond acceptors (Lipinski definition) is 7. The minimum absolute atomic E-state index is 0.0525. The minimum Gasteiger partial charge on any atom is -0.397 e. The Labute approximate surface area is 164 Å². The summed E-state index contributed by atoms with van der Waals surface area (Å²) in [4.78, 5) is 28.8. The number of nitrogens with one attached hydrogen (secondary N) is 1. The van der Waals surface area contributed by atoms with E-state index in [4.69, 9.17) is 5.73 Å². The minimum atomic E-state index is -0.220. The highest BCUT2D eigenvalue weighted by Crippen LogP contribution is 2.34. The third kappa shape index (κ3) is 3.28. The molecule has 1 aliphatic rings. The summed E-state index contributed by atoms with van der Waals surface area (Å²) in [5, 5.41) is 14.0. The molecule has 3 N–H and O–H groups in total. The molecule has 0 spiro atoms. The molecule has 2 amide bonds. The van der Waals surface area contributed by atoms with Gasteiger partial charge in [0, 0.05) is 23.4 Å². The molecule has 0 radical (unpaired) electrons. The van der Waals surface area contributed by atoms with Crippen LogP contribution in [0.25, 0.3) is 10.2 Å². The van der Waals surface area contributed by atoms with Gasteiger partial charge in [-0.15, -0.1) is 27.8 Å². The zero-order chi connectivity index (χ0) is 19.1. The zero-order valence-electron chi connectivity index (χ0n) is 15.0. The molecule has 0 unspecified atom stereocenters. The molecule has 1 saturated heterocycles. The Kier molecular flexibility index (Phi) is 4.56. The number of anilines is 1. The number of carbonyl (C=O) groups is 2. The first-order valence-corrected chi connectivity index (χ1v) is 10.3. The number of nitrogens with zero attached hydrogens (tertiary/aromatic N) is 3. The van der Waals surface area contributed by atoms with E-state index in [1.54, 1.807) is 16.2 Å². The first kappa shape index (κ1) is 17.9. The number of nitrogens with two attached hydrogens (primary N) is 1. The molecule has 1 fully saturated rings. The highest BCUT2D eigenvalue weighted by molar-refractivity contribution is 7.21. The van der Waals surface area contributed by atoms with Crippen molar-refractivity contribution in [1.82, 2.24) is 20.4 Å². The van der Waals surface area contributed by atoms with Gasteiger partial charge in [0.1, 0.15) is 9.71 Å². The Morgan fingerprint density at radius 3 is 2.81 bits per heavy atom. The summed E-state index contributed by atoms with van der Waals surface area (Å²) in [7, 11) is 0.